The van der Waals surface area contributed by atoms with Gasteiger partial charge in [-0.2, -0.15) is 8.78 Å². The standard InChI is InChI=1S/C19H19F2NO5/c1-11-8-13(9-12(2)17(11)27-19(20)21)18(25)22(3)14-4-6-15(7-5-14)26-10-16(23)24/h4-9,19H,10H2,1-3H3,(H,23,24). The van der Waals surface area contributed by atoms with E-state index in [1.165, 1.54) is 17.0 Å². The Labute approximate surface area is 154 Å². The minimum atomic E-state index is -2.94. The first-order valence-electron chi connectivity index (χ1n) is 7.97. The molecule has 0 aromatic heterocycles. The highest BCUT2D eigenvalue weighted by Gasteiger charge is 2.18. The number of anilines is 1. The molecule has 0 spiro atoms. The first kappa shape index (κ1) is 20.2. The summed E-state index contributed by atoms with van der Waals surface area (Å²) < 4.78 is 34.5. The molecule has 1 amide bonds. The summed E-state index contributed by atoms with van der Waals surface area (Å²) in [5, 5.41) is 8.60. The molecule has 6 nitrogen and oxygen atoms in total. The zero-order valence-electron chi connectivity index (χ0n) is 15.0. The van der Waals surface area contributed by atoms with E-state index in [1.54, 1.807) is 45.2 Å². The Bertz CT molecular complexity index is 813. The number of aliphatic carboxylic acids is 1. The molecule has 0 heterocycles. The van der Waals surface area contributed by atoms with Crippen LogP contribution in [0.15, 0.2) is 36.4 Å². The summed E-state index contributed by atoms with van der Waals surface area (Å²) in [4.78, 5) is 24.6. The second-order valence-electron chi connectivity index (χ2n) is 5.86. The number of carbonyl (C=O) groups excluding carboxylic acids is 1. The number of aryl methyl sites for hydroxylation is 2. The second kappa shape index (κ2) is 8.48. The number of alkyl halides is 2. The lowest BCUT2D eigenvalue weighted by Gasteiger charge is -2.19. The van der Waals surface area contributed by atoms with Crippen molar-refractivity contribution in [1.82, 2.24) is 0 Å². The minimum absolute atomic E-state index is 0.0594. The van der Waals surface area contributed by atoms with Crippen LogP contribution in [0.1, 0.15) is 21.5 Å². The fraction of sp³-hybridized carbons (Fsp3) is 0.263. The van der Waals surface area contributed by atoms with E-state index in [-0.39, 0.29) is 11.7 Å². The van der Waals surface area contributed by atoms with Crippen molar-refractivity contribution in [3.8, 4) is 11.5 Å². The molecule has 0 radical (unpaired) electrons. The predicted octanol–water partition coefficient (Wildman–Crippen LogP) is 3.64. The number of carboxylic acids is 1. The molecule has 0 atom stereocenters. The van der Waals surface area contributed by atoms with E-state index in [9.17, 15) is 18.4 Å². The SMILES string of the molecule is Cc1cc(C(=O)N(C)c2ccc(OCC(=O)O)cc2)cc(C)c1OC(F)F. The van der Waals surface area contributed by atoms with Gasteiger partial charge < -0.3 is 19.5 Å². The number of halogens is 2. The third-order valence-electron chi connectivity index (χ3n) is 3.81. The lowest BCUT2D eigenvalue weighted by molar-refractivity contribution is -0.139. The zero-order chi connectivity index (χ0) is 20.1. The van der Waals surface area contributed by atoms with Crippen LogP contribution in [0.5, 0.6) is 11.5 Å². The summed E-state index contributed by atoms with van der Waals surface area (Å²) in [6.45, 7) is -0.209. The van der Waals surface area contributed by atoms with E-state index in [0.29, 0.717) is 28.1 Å². The summed E-state index contributed by atoms with van der Waals surface area (Å²) in [6.07, 6.45) is 0. The van der Waals surface area contributed by atoms with Gasteiger partial charge in [0, 0.05) is 18.3 Å². The van der Waals surface area contributed by atoms with Gasteiger partial charge in [-0.25, -0.2) is 4.79 Å². The fourth-order valence-corrected chi connectivity index (χ4v) is 2.57. The molecule has 8 heteroatoms. The molecule has 0 bridgehead atoms. The highest BCUT2D eigenvalue weighted by atomic mass is 19.3. The maximum absolute atomic E-state index is 12.7. The number of ether oxygens (including phenoxy) is 2. The molecule has 0 saturated heterocycles. The summed E-state index contributed by atoms with van der Waals surface area (Å²) in [7, 11) is 1.57. The van der Waals surface area contributed by atoms with Crippen molar-refractivity contribution in [3.63, 3.8) is 0 Å². The zero-order valence-corrected chi connectivity index (χ0v) is 15.0. The Morgan fingerprint density at radius 2 is 1.67 bits per heavy atom. The summed E-state index contributed by atoms with van der Waals surface area (Å²) in [5.41, 5.74) is 1.76. The Morgan fingerprint density at radius 3 is 2.15 bits per heavy atom. The topological polar surface area (TPSA) is 76.1 Å². The van der Waals surface area contributed by atoms with Crippen LogP contribution in [0, 0.1) is 13.8 Å². The molecular weight excluding hydrogens is 360 g/mol. The Hall–Kier alpha value is -3.16. The first-order valence-corrected chi connectivity index (χ1v) is 7.97. The van der Waals surface area contributed by atoms with Crippen molar-refractivity contribution in [2.75, 3.05) is 18.6 Å². The van der Waals surface area contributed by atoms with E-state index < -0.39 is 19.2 Å². The van der Waals surface area contributed by atoms with Crippen molar-refractivity contribution >= 4 is 17.6 Å². The summed E-state index contributed by atoms with van der Waals surface area (Å²) in [5.74, 6) is -0.994. The number of carboxylic acid groups (broad SMARTS) is 1. The van der Waals surface area contributed by atoms with Crippen LogP contribution in [-0.4, -0.2) is 37.2 Å². The van der Waals surface area contributed by atoms with Gasteiger partial charge in [0.1, 0.15) is 11.5 Å². The van der Waals surface area contributed by atoms with Gasteiger partial charge in [0.25, 0.3) is 5.91 Å². The van der Waals surface area contributed by atoms with Crippen molar-refractivity contribution in [2.45, 2.75) is 20.5 Å². The van der Waals surface area contributed by atoms with Gasteiger partial charge in [-0.3, -0.25) is 4.79 Å². The quantitative estimate of drug-likeness (QED) is 0.795. The van der Waals surface area contributed by atoms with Gasteiger partial charge in [-0.15, -0.1) is 0 Å². The Kier molecular flexibility index (Phi) is 6.33. The van der Waals surface area contributed by atoms with E-state index in [2.05, 4.69) is 4.74 Å². The van der Waals surface area contributed by atoms with Crippen molar-refractivity contribution in [3.05, 3.63) is 53.1 Å². The Balaban J connectivity index is 2.18. The molecule has 0 aliphatic rings. The third-order valence-corrected chi connectivity index (χ3v) is 3.81. The number of hydrogen-bond acceptors (Lipinski definition) is 4. The van der Waals surface area contributed by atoms with E-state index in [4.69, 9.17) is 9.84 Å². The lowest BCUT2D eigenvalue weighted by Crippen LogP contribution is -2.26. The molecular formula is C19H19F2NO5. The molecule has 0 unspecified atom stereocenters. The number of benzene rings is 2. The average molecular weight is 379 g/mol. The fourth-order valence-electron chi connectivity index (χ4n) is 2.57. The lowest BCUT2D eigenvalue weighted by atomic mass is 10.0. The van der Waals surface area contributed by atoms with Crippen LogP contribution >= 0.6 is 0 Å². The summed E-state index contributed by atoms with van der Waals surface area (Å²) in [6, 6.07) is 9.32. The number of nitrogens with zero attached hydrogens (tertiary/aromatic N) is 1. The van der Waals surface area contributed by atoms with Gasteiger partial charge in [0.15, 0.2) is 6.61 Å². The molecule has 2 aromatic rings. The van der Waals surface area contributed by atoms with Crippen LogP contribution < -0.4 is 14.4 Å². The number of amides is 1. The highest BCUT2D eigenvalue weighted by molar-refractivity contribution is 6.06. The van der Waals surface area contributed by atoms with Crippen molar-refractivity contribution in [2.24, 2.45) is 0 Å². The second-order valence-corrected chi connectivity index (χ2v) is 5.86. The Morgan fingerprint density at radius 1 is 1.11 bits per heavy atom. The van der Waals surface area contributed by atoms with E-state index >= 15 is 0 Å². The van der Waals surface area contributed by atoms with Crippen LogP contribution in [-0.2, 0) is 4.79 Å². The molecule has 2 aromatic carbocycles. The number of hydrogen-bond donors (Lipinski definition) is 1. The molecule has 0 saturated carbocycles. The van der Waals surface area contributed by atoms with E-state index in [1.807, 2.05) is 0 Å². The molecule has 0 aliphatic carbocycles. The van der Waals surface area contributed by atoms with Crippen molar-refractivity contribution in [1.29, 1.82) is 0 Å². The van der Waals surface area contributed by atoms with Crippen molar-refractivity contribution < 1.29 is 33.0 Å². The molecule has 144 valence electrons. The van der Waals surface area contributed by atoms with Gasteiger partial charge in [-0.1, -0.05) is 0 Å². The maximum Gasteiger partial charge on any atom is 0.387 e. The van der Waals surface area contributed by atoms with Crippen LogP contribution in [0.25, 0.3) is 0 Å². The highest BCUT2D eigenvalue weighted by Crippen LogP contribution is 2.28. The predicted molar refractivity (Wildman–Crippen MR) is 94.9 cm³/mol. The third kappa shape index (κ3) is 5.16. The largest absolute Gasteiger partial charge is 0.482 e. The summed E-state index contributed by atoms with van der Waals surface area (Å²) >= 11 is 0. The normalized spacial score (nSPS) is 10.6. The first-order chi connectivity index (χ1) is 12.7. The molecule has 27 heavy (non-hydrogen) atoms. The van der Waals surface area contributed by atoms with Gasteiger partial charge in [0.05, 0.1) is 0 Å². The minimum Gasteiger partial charge on any atom is -0.482 e. The van der Waals surface area contributed by atoms with Crippen LogP contribution in [0.3, 0.4) is 0 Å². The average Bonchev–Trinajstić information content (AvgIpc) is 2.61. The van der Waals surface area contributed by atoms with Gasteiger partial charge in [-0.05, 0) is 61.4 Å². The molecule has 0 aliphatic heterocycles. The maximum atomic E-state index is 12.7. The smallest absolute Gasteiger partial charge is 0.387 e. The molecule has 0 fully saturated rings. The van der Waals surface area contributed by atoms with Gasteiger partial charge in [0.2, 0.25) is 0 Å². The van der Waals surface area contributed by atoms with Crippen LogP contribution in [0.2, 0.25) is 0 Å². The molecule has 1 N–H and O–H groups in total. The van der Waals surface area contributed by atoms with Crippen LogP contribution in [0.4, 0.5) is 14.5 Å². The number of rotatable bonds is 7. The van der Waals surface area contributed by atoms with Gasteiger partial charge >= 0.3 is 12.6 Å². The monoisotopic (exact) mass is 379 g/mol. The number of carbonyl (C=O) groups is 2. The van der Waals surface area contributed by atoms with E-state index in [0.717, 1.165) is 0 Å². The molecule has 2 rings (SSSR count).